The van der Waals surface area contributed by atoms with E-state index in [1.54, 1.807) is 13.8 Å². The van der Waals surface area contributed by atoms with Crippen LogP contribution in [0.2, 0.25) is 0 Å². The summed E-state index contributed by atoms with van der Waals surface area (Å²) >= 11 is 0. The highest BCUT2D eigenvalue weighted by molar-refractivity contribution is 6.10. The zero-order valence-electron chi connectivity index (χ0n) is 19.6. The summed E-state index contributed by atoms with van der Waals surface area (Å²) in [5.74, 6) is -1.36. The molecule has 0 aromatic rings. The molecule has 4 atom stereocenters. The van der Waals surface area contributed by atoms with Crippen molar-refractivity contribution in [2.75, 3.05) is 0 Å². The fourth-order valence-electron chi connectivity index (χ4n) is 5.57. The van der Waals surface area contributed by atoms with E-state index in [4.69, 9.17) is 14.2 Å². The van der Waals surface area contributed by atoms with Crippen molar-refractivity contribution in [2.24, 2.45) is 17.8 Å². The van der Waals surface area contributed by atoms with E-state index in [1.165, 1.54) is 0 Å². The molecule has 0 aromatic carbocycles. The van der Waals surface area contributed by atoms with E-state index >= 15 is 0 Å². The zero-order valence-corrected chi connectivity index (χ0v) is 19.6. The van der Waals surface area contributed by atoms with Gasteiger partial charge in [0.2, 0.25) is 11.5 Å². The fraction of sp³-hybridized carbons (Fsp3) is 0.680. The maximum Gasteiger partial charge on any atom is 0.314 e. The van der Waals surface area contributed by atoms with Crippen LogP contribution in [0.1, 0.15) is 74.1 Å². The van der Waals surface area contributed by atoms with Crippen LogP contribution in [0.3, 0.4) is 0 Å². The summed E-state index contributed by atoms with van der Waals surface area (Å²) in [4.78, 5) is 26.1. The van der Waals surface area contributed by atoms with Crippen LogP contribution in [0.15, 0.2) is 34.5 Å². The Balaban J connectivity index is 1.95. The van der Waals surface area contributed by atoms with Gasteiger partial charge < -0.3 is 19.3 Å². The predicted molar refractivity (Wildman–Crippen MR) is 114 cm³/mol. The minimum absolute atomic E-state index is 0.0395. The van der Waals surface area contributed by atoms with Crippen LogP contribution in [-0.2, 0) is 23.8 Å². The number of ketones is 1. The Labute approximate surface area is 184 Å². The first kappa shape index (κ1) is 22.1. The Hall–Kier alpha value is -2.08. The molecule has 4 aliphatic rings. The number of fused-ring (bicyclic) bond motifs is 1. The van der Waals surface area contributed by atoms with Crippen LogP contribution in [0.5, 0.6) is 0 Å². The Morgan fingerprint density at radius 3 is 2.48 bits per heavy atom. The fourth-order valence-corrected chi connectivity index (χ4v) is 5.57. The average Bonchev–Trinajstić information content (AvgIpc) is 2.65. The Morgan fingerprint density at radius 1 is 1.19 bits per heavy atom. The molecule has 2 heterocycles. The third-order valence-corrected chi connectivity index (χ3v) is 7.31. The Bertz CT molecular complexity index is 932. The summed E-state index contributed by atoms with van der Waals surface area (Å²) in [7, 11) is 0. The van der Waals surface area contributed by atoms with Crippen molar-refractivity contribution in [3.05, 3.63) is 34.5 Å². The third-order valence-electron chi connectivity index (χ3n) is 7.31. The lowest BCUT2D eigenvalue weighted by Crippen LogP contribution is -2.67. The third kappa shape index (κ3) is 3.25. The first-order chi connectivity index (χ1) is 14.3. The van der Waals surface area contributed by atoms with Gasteiger partial charge in [0, 0.05) is 17.4 Å². The van der Waals surface area contributed by atoms with Gasteiger partial charge in [-0.2, -0.15) is 0 Å². The van der Waals surface area contributed by atoms with Crippen molar-refractivity contribution in [3.63, 3.8) is 0 Å². The molecule has 2 aliphatic carbocycles. The number of esters is 1. The lowest BCUT2D eigenvalue weighted by molar-refractivity contribution is -0.251. The molecule has 1 N–H and O–H groups in total. The molecular weight excluding hydrogens is 396 g/mol. The molecule has 170 valence electrons. The maximum atomic E-state index is 13.6. The van der Waals surface area contributed by atoms with Crippen LogP contribution in [0.25, 0.3) is 0 Å². The molecular formula is C25H34O6. The summed E-state index contributed by atoms with van der Waals surface area (Å²) < 4.78 is 18.3. The number of rotatable bonds is 4. The molecule has 0 aromatic heterocycles. The van der Waals surface area contributed by atoms with E-state index < -0.39 is 34.5 Å². The average molecular weight is 431 g/mol. The van der Waals surface area contributed by atoms with Crippen molar-refractivity contribution in [3.8, 4) is 0 Å². The van der Waals surface area contributed by atoms with E-state index in [9.17, 15) is 14.7 Å². The van der Waals surface area contributed by atoms with Crippen LogP contribution < -0.4 is 0 Å². The summed E-state index contributed by atoms with van der Waals surface area (Å²) in [5, 5.41) is 12.2. The number of hydrogen-bond donors (Lipinski definition) is 1. The first-order valence-electron chi connectivity index (χ1n) is 11.3. The minimum Gasteiger partial charge on any atom is -0.488 e. The number of hydrogen-bond acceptors (Lipinski definition) is 6. The van der Waals surface area contributed by atoms with Gasteiger partial charge in [0.1, 0.15) is 17.0 Å². The summed E-state index contributed by atoms with van der Waals surface area (Å²) in [6.07, 6.45) is 4.57. The molecule has 3 fully saturated rings. The Kier molecular flexibility index (Phi) is 4.97. The van der Waals surface area contributed by atoms with Crippen molar-refractivity contribution >= 4 is 11.8 Å². The molecule has 6 heteroatoms. The molecule has 0 radical (unpaired) electrons. The molecule has 0 amide bonds. The van der Waals surface area contributed by atoms with E-state index in [-0.39, 0.29) is 29.1 Å². The quantitative estimate of drug-likeness (QED) is 0.528. The summed E-state index contributed by atoms with van der Waals surface area (Å²) in [5.41, 5.74) is -1.26. The summed E-state index contributed by atoms with van der Waals surface area (Å²) in [6.45, 7) is 13.3. The van der Waals surface area contributed by atoms with Crippen LogP contribution in [0.4, 0.5) is 0 Å². The molecule has 2 bridgehead atoms. The number of carbonyl (C=O) groups excluding carboxylic acids is 2. The minimum atomic E-state index is -1.61. The number of carbonyl (C=O) groups is 2. The van der Waals surface area contributed by atoms with Crippen LogP contribution in [-0.4, -0.2) is 33.7 Å². The number of aliphatic hydroxyl groups is 1. The van der Waals surface area contributed by atoms with E-state index in [2.05, 4.69) is 6.92 Å². The second kappa shape index (κ2) is 6.96. The molecule has 0 spiro atoms. The highest BCUT2D eigenvalue weighted by atomic mass is 16.6. The standard InChI is InChI=1S/C25H34O6/c1-13(2)8-9-15-18(26)19(29-22(27)14(3)4)21-25(28)17-12-24(7,31-20(15)25)11-10-16(17)23(5,6)30-21/h8,14,16-17,28H,9-12H2,1-7H3/t16-,17+,24+,25+/m1/s1. The van der Waals surface area contributed by atoms with Gasteiger partial charge in [-0.15, -0.1) is 0 Å². The molecule has 1 saturated carbocycles. The van der Waals surface area contributed by atoms with Crippen molar-refractivity contribution in [2.45, 2.75) is 91.0 Å². The van der Waals surface area contributed by atoms with Crippen molar-refractivity contribution in [1.29, 1.82) is 0 Å². The maximum absolute atomic E-state index is 13.6. The molecule has 2 saturated heterocycles. The van der Waals surface area contributed by atoms with Gasteiger partial charge in [-0.1, -0.05) is 25.5 Å². The lowest BCUT2D eigenvalue weighted by Gasteiger charge is -2.62. The van der Waals surface area contributed by atoms with Crippen LogP contribution in [0, 0.1) is 17.8 Å². The Morgan fingerprint density at radius 2 is 1.87 bits per heavy atom. The largest absolute Gasteiger partial charge is 0.488 e. The van der Waals surface area contributed by atoms with Gasteiger partial charge in [-0.25, -0.2) is 0 Å². The molecule has 4 rings (SSSR count). The van der Waals surface area contributed by atoms with Gasteiger partial charge in [-0.3, -0.25) is 9.59 Å². The number of ether oxygens (including phenoxy) is 3. The second-order valence-corrected chi connectivity index (χ2v) is 10.8. The molecule has 31 heavy (non-hydrogen) atoms. The van der Waals surface area contributed by atoms with Gasteiger partial charge in [0.05, 0.1) is 5.92 Å². The molecule has 6 nitrogen and oxygen atoms in total. The van der Waals surface area contributed by atoms with E-state index in [0.717, 1.165) is 18.4 Å². The molecule has 2 aliphatic heterocycles. The molecule has 0 unspecified atom stereocenters. The van der Waals surface area contributed by atoms with Crippen molar-refractivity contribution in [1.82, 2.24) is 0 Å². The smallest absolute Gasteiger partial charge is 0.314 e. The highest BCUT2D eigenvalue weighted by Gasteiger charge is 2.69. The lowest BCUT2D eigenvalue weighted by atomic mass is 9.55. The van der Waals surface area contributed by atoms with Crippen LogP contribution >= 0.6 is 0 Å². The van der Waals surface area contributed by atoms with E-state index in [1.807, 2.05) is 33.8 Å². The van der Waals surface area contributed by atoms with Gasteiger partial charge in [0.25, 0.3) is 0 Å². The van der Waals surface area contributed by atoms with Gasteiger partial charge in [0.15, 0.2) is 11.4 Å². The predicted octanol–water partition coefficient (Wildman–Crippen LogP) is 4.34. The zero-order chi connectivity index (χ0) is 22.9. The monoisotopic (exact) mass is 430 g/mol. The highest BCUT2D eigenvalue weighted by Crippen LogP contribution is 2.63. The van der Waals surface area contributed by atoms with E-state index in [0.29, 0.717) is 18.4 Å². The SMILES string of the molecule is CC(C)=CCC1=C2O[C@@]3(C)CC[C@@H]4[C@H](C3)[C@@]2(O)C(=C(OC(=O)C(C)C)C1=O)OC4(C)C. The topological polar surface area (TPSA) is 82.1 Å². The first-order valence-corrected chi connectivity index (χ1v) is 11.3. The van der Waals surface area contributed by atoms with Gasteiger partial charge in [-0.05, 0) is 60.3 Å². The number of Topliss-reactive ketones (excluding diaryl/α,β-unsaturated/α-hetero) is 1. The van der Waals surface area contributed by atoms with Gasteiger partial charge >= 0.3 is 5.97 Å². The summed E-state index contributed by atoms with van der Waals surface area (Å²) in [6, 6.07) is 0. The normalized spacial score (nSPS) is 35.5. The number of allylic oxidation sites excluding steroid dienone is 3. The van der Waals surface area contributed by atoms with Crippen molar-refractivity contribution < 1.29 is 28.9 Å². The second-order valence-electron chi connectivity index (χ2n) is 10.8.